The molecule has 0 saturated heterocycles. The standard InChI is InChI=1S/C13H9Cl2F2N/c14-8-2-1-7(6-18)9(3-8)10-4-12(16)13(17)5-11(10)15/h1-5H,6,18H2. The first kappa shape index (κ1) is 13.3. The lowest BCUT2D eigenvalue weighted by Crippen LogP contribution is -1.99. The molecule has 0 bridgehead atoms. The highest BCUT2D eigenvalue weighted by atomic mass is 35.5. The van der Waals surface area contributed by atoms with Crippen LogP contribution in [-0.2, 0) is 6.54 Å². The van der Waals surface area contributed by atoms with Gasteiger partial charge in [-0.3, -0.25) is 0 Å². The molecule has 0 unspecified atom stereocenters. The van der Waals surface area contributed by atoms with Gasteiger partial charge in [0, 0.05) is 17.1 Å². The molecule has 0 aromatic heterocycles. The van der Waals surface area contributed by atoms with Crippen LogP contribution in [0.5, 0.6) is 0 Å². The van der Waals surface area contributed by atoms with E-state index in [1.54, 1.807) is 18.2 Å². The molecule has 0 heterocycles. The van der Waals surface area contributed by atoms with E-state index >= 15 is 0 Å². The minimum Gasteiger partial charge on any atom is -0.326 e. The molecule has 0 atom stereocenters. The third kappa shape index (κ3) is 2.48. The van der Waals surface area contributed by atoms with Crippen LogP contribution in [0.25, 0.3) is 11.1 Å². The predicted molar refractivity (Wildman–Crippen MR) is 69.7 cm³/mol. The highest BCUT2D eigenvalue weighted by Crippen LogP contribution is 2.33. The van der Waals surface area contributed by atoms with Crippen LogP contribution < -0.4 is 5.73 Å². The predicted octanol–water partition coefficient (Wildman–Crippen LogP) is 4.40. The van der Waals surface area contributed by atoms with E-state index in [4.69, 9.17) is 28.9 Å². The first-order chi connectivity index (χ1) is 8.52. The zero-order chi connectivity index (χ0) is 13.3. The summed E-state index contributed by atoms with van der Waals surface area (Å²) < 4.78 is 26.3. The van der Waals surface area contributed by atoms with Crippen LogP contribution in [0.4, 0.5) is 8.78 Å². The Morgan fingerprint density at radius 1 is 0.944 bits per heavy atom. The second-order valence-corrected chi connectivity index (χ2v) is 4.60. The molecule has 2 N–H and O–H groups in total. The SMILES string of the molecule is NCc1ccc(Cl)cc1-c1cc(F)c(F)cc1Cl. The number of rotatable bonds is 2. The summed E-state index contributed by atoms with van der Waals surface area (Å²) in [6, 6.07) is 7.02. The summed E-state index contributed by atoms with van der Waals surface area (Å²) in [6.07, 6.45) is 0. The number of benzene rings is 2. The van der Waals surface area contributed by atoms with E-state index in [-0.39, 0.29) is 11.6 Å². The smallest absolute Gasteiger partial charge is 0.160 e. The van der Waals surface area contributed by atoms with E-state index in [2.05, 4.69) is 0 Å². The normalized spacial score (nSPS) is 10.7. The van der Waals surface area contributed by atoms with Gasteiger partial charge >= 0.3 is 0 Å². The third-order valence-corrected chi connectivity index (χ3v) is 3.14. The molecule has 0 aliphatic carbocycles. The summed E-state index contributed by atoms with van der Waals surface area (Å²) in [5, 5.41) is 0.592. The number of hydrogen-bond acceptors (Lipinski definition) is 1. The van der Waals surface area contributed by atoms with Crippen molar-refractivity contribution in [1.29, 1.82) is 0 Å². The fourth-order valence-electron chi connectivity index (χ4n) is 1.71. The van der Waals surface area contributed by atoms with Crippen molar-refractivity contribution in [3.05, 3.63) is 57.6 Å². The fraction of sp³-hybridized carbons (Fsp3) is 0.0769. The molecule has 0 saturated carbocycles. The topological polar surface area (TPSA) is 26.0 Å². The van der Waals surface area contributed by atoms with E-state index in [9.17, 15) is 8.78 Å². The van der Waals surface area contributed by atoms with E-state index < -0.39 is 11.6 Å². The second kappa shape index (κ2) is 5.22. The van der Waals surface area contributed by atoms with Crippen molar-refractivity contribution in [2.75, 3.05) is 0 Å². The third-order valence-electron chi connectivity index (χ3n) is 2.59. The van der Waals surface area contributed by atoms with Crippen LogP contribution in [0.1, 0.15) is 5.56 Å². The van der Waals surface area contributed by atoms with E-state index in [0.29, 0.717) is 16.1 Å². The number of halogens is 4. The lowest BCUT2D eigenvalue weighted by Gasteiger charge is -2.11. The molecule has 0 amide bonds. The molecule has 0 aliphatic rings. The maximum atomic E-state index is 13.3. The van der Waals surface area contributed by atoms with Gasteiger partial charge in [0.1, 0.15) is 0 Å². The lowest BCUT2D eigenvalue weighted by atomic mass is 9.99. The molecule has 0 spiro atoms. The highest BCUT2D eigenvalue weighted by Gasteiger charge is 2.13. The first-order valence-corrected chi connectivity index (χ1v) is 5.92. The molecule has 1 nitrogen and oxygen atoms in total. The van der Waals surface area contributed by atoms with Gasteiger partial charge in [0.05, 0.1) is 5.02 Å². The lowest BCUT2D eigenvalue weighted by molar-refractivity contribution is 0.509. The Hall–Kier alpha value is -1.16. The van der Waals surface area contributed by atoms with Crippen LogP contribution in [0, 0.1) is 11.6 Å². The average molecular weight is 288 g/mol. The van der Waals surface area contributed by atoms with Crippen molar-refractivity contribution >= 4 is 23.2 Å². The van der Waals surface area contributed by atoms with Crippen molar-refractivity contribution in [2.45, 2.75) is 6.54 Å². The van der Waals surface area contributed by atoms with Crippen LogP contribution in [0.15, 0.2) is 30.3 Å². The highest BCUT2D eigenvalue weighted by molar-refractivity contribution is 6.34. The molecule has 2 rings (SSSR count). The first-order valence-electron chi connectivity index (χ1n) is 5.16. The van der Waals surface area contributed by atoms with Gasteiger partial charge in [-0.25, -0.2) is 8.78 Å². The number of hydrogen-bond donors (Lipinski definition) is 1. The Bertz CT molecular complexity index is 600. The van der Waals surface area contributed by atoms with Crippen LogP contribution in [0.2, 0.25) is 10.0 Å². The van der Waals surface area contributed by atoms with Gasteiger partial charge in [0.15, 0.2) is 11.6 Å². The quantitative estimate of drug-likeness (QED) is 0.814. The molecule has 0 aliphatic heterocycles. The summed E-state index contributed by atoms with van der Waals surface area (Å²) in [4.78, 5) is 0. The zero-order valence-corrected chi connectivity index (χ0v) is 10.7. The van der Waals surface area contributed by atoms with Crippen molar-refractivity contribution in [3.63, 3.8) is 0 Å². The maximum Gasteiger partial charge on any atom is 0.160 e. The molecule has 0 radical (unpaired) electrons. The van der Waals surface area contributed by atoms with Gasteiger partial charge in [0.2, 0.25) is 0 Å². The Balaban J connectivity index is 2.68. The van der Waals surface area contributed by atoms with Crippen molar-refractivity contribution < 1.29 is 8.78 Å². The Kier molecular flexibility index (Phi) is 3.85. The molecule has 2 aromatic rings. The van der Waals surface area contributed by atoms with Crippen molar-refractivity contribution in [2.24, 2.45) is 5.73 Å². The molecule has 94 valence electrons. The summed E-state index contributed by atoms with van der Waals surface area (Å²) in [5.41, 5.74) is 7.34. The van der Waals surface area contributed by atoms with Gasteiger partial charge in [-0.1, -0.05) is 29.3 Å². The van der Waals surface area contributed by atoms with Crippen molar-refractivity contribution in [1.82, 2.24) is 0 Å². The molecular formula is C13H9Cl2F2N. The van der Waals surface area contributed by atoms with Crippen LogP contribution >= 0.6 is 23.2 Å². The van der Waals surface area contributed by atoms with E-state index in [0.717, 1.165) is 17.7 Å². The second-order valence-electron chi connectivity index (χ2n) is 3.75. The summed E-state index contributed by atoms with van der Waals surface area (Å²) in [6.45, 7) is 0.252. The molecule has 0 fully saturated rings. The molecule has 5 heteroatoms. The Morgan fingerprint density at radius 2 is 1.61 bits per heavy atom. The Morgan fingerprint density at radius 3 is 2.28 bits per heavy atom. The fourth-order valence-corrected chi connectivity index (χ4v) is 2.13. The summed E-state index contributed by atoms with van der Waals surface area (Å²) >= 11 is 11.8. The largest absolute Gasteiger partial charge is 0.326 e. The number of nitrogens with two attached hydrogens (primary N) is 1. The van der Waals surface area contributed by atoms with Gasteiger partial charge in [-0.15, -0.1) is 0 Å². The zero-order valence-electron chi connectivity index (χ0n) is 9.18. The summed E-state index contributed by atoms with van der Waals surface area (Å²) in [7, 11) is 0. The molecular weight excluding hydrogens is 279 g/mol. The van der Waals surface area contributed by atoms with Crippen molar-refractivity contribution in [3.8, 4) is 11.1 Å². The van der Waals surface area contributed by atoms with Gasteiger partial charge in [-0.2, -0.15) is 0 Å². The Labute approximate surface area is 113 Å². The maximum absolute atomic E-state index is 13.3. The summed E-state index contributed by atoms with van der Waals surface area (Å²) in [5.74, 6) is -1.95. The minimum atomic E-state index is -0.986. The molecule has 18 heavy (non-hydrogen) atoms. The van der Waals surface area contributed by atoms with Gasteiger partial charge < -0.3 is 5.73 Å². The minimum absolute atomic E-state index is 0.117. The van der Waals surface area contributed by atoms with E-state index in [1.807, 2.05) is 0 Å². The van der Waals surface area contributed by atoms with E-state index in [1.165, 1.54) is 0 Å². The average Bonchev–Trinajstić information content (AvgIpc) is 2.34. The van der Waals surface area contributed by atoms with Gasteiger partial charge in [-0.05, 0) is 35.4 Å². The monoisotopic (exact) mass is 287 g/mol. The van der Waals surface area contributed by atoms with Gasteiger partial charge in [0.25, 0.3) is 0 Å². The van der Waals surface area contributed by atoms with Crippen LogP contribution in [0.3, 0.4) is 0 Å². The molecule has 2 aromatic carbocycles. The van der Waals surface area contributed by atoms with Crippen LogP contribution in [-0.4, -0.2) is 0 Å².